The third kappa shape index (κ3) is 2.62. The van der Waals surface area contributed by atoms with Gasteiger partial charge in [-0.15, -0.1) is 0 Å². The average Bonchev–Trinajstić information content (AvgIpc) is 3.28. The molecule has 0 radical (unpaired) electrons. The van der Waals surface area contributed by atoms with Gasteiger partial charge in [0.2, 0.25) is 0 Å². The fraction of sp³-hybridized carbons (Fsp3) is 0.227. The number of hydrogen-bond acceptors (Lipinski definition) is 3. The number of nitrogens with zero attached hydrogens (tertiary/aromatic N) is 2. The molecule has 0 amide bonds. The molecular formula is C22H20FN3. The minimum absolute atomic E-state index is 0.493. The van der Waals surface area contributed by atoms with Gasteiger partial charge in [0.05, 0.1) is 6.54 Å². The fourth-order valence-corrected chi connectivity index (χ4v) is 3.94. The lowest BCUT2D eigenvalue weighted by Crippen LogP contribution is -2.20. The smallest absolute Gasteiger partial charge is 0.133 e. The number of nitrogens with one attached hydrogen (secondary N) is 1. The first-order valence-electron chi connectivity index (χ1n) is 9.09. The zero-order valence-corrected chi connectivity index (χ0v) is 14.5. The van der Waals surface area contributed by atoms with Crippen LogP contribution in [0.25, 0.3) is 10.8 Å². The minimum atomic E-state index is -0.716. The molecule has 0 bridgehead atoms. The van der Waals surface area contributed by atoms with Crippen LogP contribution in [0.4, 0.5) is 15.8 Å². The first-order valence-corrected chi connectivity index (χ1v) is 9.09. The molecule has 3 nitrogen and oxygen atoms in total. The summed E-state index contributed by atoms with van der Waals surface area (Å²) in [5, 5.41) is 5.78. The van der Waals surface area contributed by atoms with Gasteiger partial charge >= 0.3 is 0 Å². The summed E-state index contributed by atoms with van der Waals surface area (Å²) in [6, 6.07) is 20.9. The summed E-state index contributed by atoms with van der Waals surface area (Å²) in [4.78, 5) is 6.77. The number of rotatable bonds is 2. The molecule has 1 fully saturated rings. The lowest BCUT2D eigenvalue weighted by atomic mass is 10.1. The van der Waals surface area contributed by atoms with Crippen molar-refractivity contribution in [3.05, 3.63) is 71.8 Å². The van der Waals surface area contributed by atoms with Gasteiger partial charge < -0.3 is 10.2 Å². The van der Waals surface area contributed by atoms with Crippen molar-refractivity contribution in [3.8, 4) is 0 Å². The highest BCUT2D eigenvalue weighted by Crippen LogP contribution is 2.32. The van der Waals surface area contributed by atoms with Crippen LogP contribution in [-0.4, -0.2) is 25.1 Å². The van der Waals surface area contributed by atoms with Crippen molar-refractivity contribution in [1.82, 2.24) is 0 Å². The number of amidine groups is 1. The number of halogens is 1. The van der Waals surface area contributed by atoms with E-state index in [1.807, 2.05) is 6.07 Å². The number of alkyl halides is 1. The maximum Gasteiger partial charge on any atom is 0.133 e. The third-order valence-corrected chi connectivity index (χ3v) is 5.27. The van der Waals surface area contributed by atoms with Crippen LogP contribution in [0.15, 0.2) is 65.7 Å². The van der Waals surface area contributed by atoms with Crippen LogP contribution in [0.1, 0.15) is 17.5 Å². The molecule has 0 aromatic heterocycles. The zero-order valence-electron chi connectivity index (χ0n) is 14.5. The minimum Gasteiger partial charge on any atom is -0.368 e. The maximum absolute atomic E-state index is 13.6. The molecule has 1 saturated heterocycles. The average molecular weight is 345 g/mol. The fourth-order valence-electron chi connectivity index (χ4n) is 3.94. The normalized spacial score (nSPS) is 18.9. The highest BCUT2D eigenvalue weighted by Gasteiger charge is 2.23. The van der Waals surface area contributed by atoms with Gasteiger partial charge in [0.25, 0.3) is 0 Å². The molecule has 0 aliphatic carbocycles. The lowest BCUT2D eigenvalue weighted by Gasteiger charge is -2.20. The molecule has 130 valence electrons. The molecule has 1 N–H and O–H groups in total. The summed E-state index contributed by atoms with van der Waals surface area (Å²) in [7, 11) is 0. The largest absolute Gasteiger partial charge is 0.368 e. The topological polar surface area (TPSA) is 27.6 Å². The second-order valence-corrected chi connectivity index (χ2v) is 6.99. The van der Waals surface area contributed by atoms with E-state index in [9.17, 15) is 4.39 Å². The second kappa shape index (κ2) is 6.13. The van der Waals surface area contributed by atoms with E-state index in [0.29, 0.717) is 13.0 Å². The van der Waals surface area contributed by atoms with E-state index in [4.69, 9.17) is 0 Å². The van der Waals surface area contributed by atoms with Crippen LogP contribution in [-0.2, 0) is 6.54 Å². The Hall–Kier alpha value is -2.88. The Morgan fingerprint density at radius 3 is 2.85 bits per heavy atom. The Morgan fingerprint density at radius 1 is 1.04 bits per heavy atom. The molecule has 26 heavy (non-hydrogen) atoms. The molecule has 3 aromatic carbocycles. The highest BCUT2D eigenvalue weighted by molar-refractivity contribution is 6.11. The molecule has 2 heterocycles. The summed E-state index contributed by atoms with van der Waals surface area (Å²) in [6.45, 7) is 2.01. The third-order valence-electron chi connectivity index (χ3n) is 5.27. The zero-order chi connectivity index (χ0) is 17.5. The summed E-state index contributed by atoms with van der Waals surface area (Å²) in [5.74, 6) is 0.927. The van der Waals surface area contributed by atoms with E-state index in [-0.39, 0.29) is 0 Å². The number of aliphatic imine (C=N–C) groups is 1. The van der Waals surface area contributed by atoms with Crippen LogP contribution in [0, 0.1) is 0 Å². The molecule has 1 atom stereocenters. The van der Waals surface area contributed by atoms with Crippen molar-refractivity contribution in [2.75, 3.05) is 23.3 Å². The van der Waals surface area contributed by atoms with Gasteiger partial charge in [-0.25, -0.2) is 4.39 Å². The molecule has 2 aliphatic rings. The van der Waals surface area contributed by atoms with Gasteiger partial charge in [-0.2, -0.15) is 0 Å². The Bertz CT molecular complexity index is 1010. The molecule has 5 rings (SSSR count). The quantitative estimate of drug-likeness (QED) is 0.725. The Balaban J connectivity index is 1.46. The molecule has 2 aliphatic heterocycles. The number of benzene rings is 3. The van der Waals surface area contributed by atoms with E-state index >= 15 is 0 Å². The first kappa shape index (κ1) is 15.4. The summed E-state index contributed by atoms with van der Waals surface area (Å²) in [5.41, 5.74) is 4.58. The Labute approximate surface area is 152 Å². The standard InChI is InChI=1S/C22H20FN3/c23-17-10-11-26(14-17)21-7-3-5-15-12-18(8-9-19(15)21)25-22-20-6-2-1-4-16(20)13-24-22/h1-9,12,17H,10-11,13-14H2,(H,24,25)/t17-/m1/s1. The first-order chi connectivity index (χ1) is 12.8. The van der Waals surface area contributed by atoms with Crippen LogP contribution < -0.4 is 10.2 Å². The SMILES string of the molecule is F[C@@H]1CCN(c2cccc3cc(NC4=NCc5ccccc54)ccc23)C1. The summed E-state index contributed by atoms with van der Waals surface area (Å²) in [6.07, 6.45) is -0.0958. The lowest BCUT2D eigenvalue weighted by molar-refractivity contribution is 0.364. The van der Waals surface area contributed by atoms with Crippen molar-refractivity contribution in [2.45, 2.75) is 19.1 Å². The Kier molecular flexibility index (Phi) is 3.63. The van der Waals surface area contributed by atoms with Crippen molar-refractivity contribution >= 4 is 28.0 Å². The predicted molar refractivity (Wildman–Crippen MR) is 106 cm³/mol. The predicted octanol–water partition coefficient (Wildman–Crippen LogP) is 4.76. The van der Waals surface area contributed by atoms with Crippen LogP contribution in [0.5, 0.6) is 0 Å². The molecule has 0 spiro atoms. The highest BCUT2D eigenvalue weighted by atomic mass is 19.1. The monoisotopic (exact) mass is 345 g/mol. The molecule has 4 heteroatoms. The molecule has 0 unspecified atom stereocenters. The molecular weight excluding hydrogens is 325 g/mol. The van der Waals surface area contributed by atoms with Gasteiger partial charge in [0.1, 0.15) is 12.0 Å². The van der Waals surface area contributed by atoms with E-state index in [1.54, 1.807) is 0 Å². The van der Waals surface area contributed by atoms with Gasteiger partial charge in [0.15, 0.2) is 0 Å². The molecule has 0 saturated carbocycles. The van der Waals surface area contributed by atoms with Gasteiger partial charge in [-0.05, 0) is 35.6 Å². The van der Waals surface area contributed by atoms with E-state index in [2.05, 4.69) is 69.8 Å². The van der Waals surface area contributed by atoms with E-state index in [0.717, 1.165) is 35.7 Å². The van der Waals surface area contributed by atoms with Gasteiger partial charge in [-0.3, -0.25) is 4.99 Å². The van der Waals surface area contributed by atoms with E-state index in [1.165, 1.54) is 16.5 Å². The second-order valence-electron chi connectivity index (χ2n) is 6.99. The summed E-state index contributed by atoms with van der Waals surface area (Å²) >= 11 is 0. The van der Waals surface area contributed by atoms with E-state index < -0.39 is 6.17 Å². The van der Waals surface area contributed by atoms with Crippen molar-refractivity contribution in [2.24, 2.45) is 4.99 Å². The van der Waals surface area contributed by atoms with Crippen molar-refractivity contribution in [1.29, 1.82) is 0 Å². The van der Waals surface area contributed by atoms with Crippen LogP contribution in [0.3, 0.4) is 0 Å². The van der Waals surface area contributed by atoms with Crippen molar-refractivity contribution < 1.29 is 4.39 Å². The van der Waals surface area contributed by atoms with Gasteiger partial charge in [0, 0.05) is 35.4 Å². The van der Waals surface area contributed by atoms with Crippen LogP contribution >= 0.6 is 0 Å². The Morgan fingerprint density at radius 2 is 1.96 bits per heavy atom. The number of fused-ring (bicyclic) bond motifs is 2. The van der Waals surface area contributed by atoms with Crippen molar-refractivity contribution in [3.63, 3.8) is 0 Å². The number of hydrogen-bond donors (Lipinski definition) is 1. The molecule has 3 aromatic rings. The van der Waals surface area contributed by atoms with Crippen LogP contribution in [0.2, 0.25) is 0 Å². The summed E-state index contributed by atoms with van der Waals surface area (Å²) < 4.78 is 13.6. The number of anilines is 2. The van der Waals surface area contributed by atoms with Gasteiger partial charge in [-0.1, -0.05) is 42.5 Å². The maximum atomic E-state index is 13.6.